The predicted molar refractivity (Wildman–Crippen MR) is 83.0 cm³/mol. The molecule has 108 valence electrons. The highest BCUT2D eigenvalue weighted by molar-refractivity contribution is 7.80. The Bertz CT molecular complexity index is 441. The summed E-state index contributed by atoms with van der Waals surface area (Å²) in [4.78, 5) is 12.3. The van der Waals surface area contributed by atoms with Crippen LogP contribution in [-0.4, -0.2) is 14.9 Å². The van der Waals surface area contributed by atoms with E-state index in [2.05, 4.69) is 19.6 Å². The van der Waals surface area contributed by atoms with Crippen LogP contribution in [0.15, 0.2) is 17.2 Å². The van der Waals surface area contributed by atoms with Crippen LogP contribution in [0.5, 0.6) is 0 Å². The molecule has 1 aliphatic carbocycles. The molecule has 0 radical (unpaired) electrons. The number of rotatable bonds is 5. The van der Waals surface area contributed by atoms with Crippen LogP contribution in [0.25, 0.3) is 0 Å². The molecule has 1 aromatic rings. The molecule has 3 nitrogen and oxygen atoms in total. The van der Waals surface area contributed by atoms with Gasteiger partial charge < -0.3 is 0 Å². The van der Waals surface area contributed by atoms with Gasteiger partial charge in [-0.05, 0) is 30.4 Å². The van der Waals surface area contributed by atoms with Crippen molar-refractivity contribution in [2.45, 2.75) is 65.0 Å². The first-order valence-corrected chi connectivity index (χ1v) is 8.20. The zero-order chi connectivity index (χ0) is 13.7. The Morgan fingerprint density at radius 2 is 1.79 bits per heavy atom. The van der Waals surface area contributed by atoms with Crippen molar-refractivity contribution >= 4 is 12.6 Å². The van der Waals surface area contributed by atoms with Crippen LogP contribution in [0.4, 0.5) is 0 Å². The average Bonchev–Trinajstić information content (AvgIpc) is 2.65. The fourth-order valence-electron chi connectivity index (χ4n) is 3.19. The topological polar surface area (TPSA) is 26.9 Å². The molecule has 19 heavy (non-hydrogen) atoms. The van der Waals surface area contributed by atoms with Crippen LogP contribution < -0.4 is 5.69 Å². The van der Waals surface area contributed by atoms with Gasteiger partial charge in [-0.3, -0.25) is 9.13 Å². The summed E-state index contributed by atoms with van der Waals surface area (Å²) in [5, 5.41) is 0. The van der Waals surface area contributed by atoms with Crippen molar-refractivity contribution in [1.82, 2.24) is 9.13 Å². The van der Waals surface area contributed by atoms with E-state index in [0.717, 1.165) is 25.3 Å². The highest BCUT2D eigenvalue weighted by Gasteiger charge is 2.30. The van der Waals surface area contributed by atoms with Gasteiger partial charge in [0.1, 0.15) is 0 Å². The van der Waals surface area contributed by atoms with Gasteiger partial charge in [0.15, 0.2) is 0 Å². The van der Waals surface area contributed by atoms with E-state index in [-0.39, 0.29) is 11.1 Å². The summed E-state index contributed by atoms with van der Waals surface area (Å²) in [6, 6.07) is 0. The Kier molecular flexibility index (Phi) is 5.20. The Balaban J connectivity index is 2.15. The summed E-state index contributed by atoms with van der Waals surface area (Å²) in [5.74, 6) is 0.887. The Morgan fingerprint density at radius 3 is 2.37 bits per heavy atom. The van der Waals surface area contributed by atoms with Crippen molar-refractivity contribution in [2.75, 3.05) is 5.75 Å². The van der Waals surface area contributed by atoms with E-state index in [0.29, 0.717) is 0 Å². The molecule has 2 rings (SSSR count). The molecule has 0 spiro atoms. The molecule has 0 aromatic carbocycles. The normalized spacial score (nSPS) is 19.3. The Labute approximate surface area is 121 Å². The number of thiol groups is 1. The number of aromatic nitrogens is 2. The summed E-state index contributed by atoms with van der Waals surface area (Å²) >= 11 is 4.59. The summed E-state index contributed by atoms with van der Waals surface area (Å²) in [6.07, 6.45) is 12.5. The summed E-state index contributed by atoms with van der Waals surface area (Å²) in [5.41, 5.74) is 0.370. The lowest BCUT2D eigenvalue weighted by Gasteiger charge is -2.31. The molecule has 1 aromatic heterocycles. The first-order chi connectivity index (χ1) is 9.21. The largest absolute Gasteiger partial charge is 0.328 e. The van der Waals surface area contributed by atoms with E-state index in [9.17, 15) is 4.79 Å². The molecule has 0 amide bonds. The molecule has 0 saturated heterocycles. The smallest absolute Gasteiger partial charge is 0.299 e. The second-order valence-electron chi connectivity index (χ2n) is 5.97. The van der Waals surface area contributed by atoms with E-state index in [1.54, 1.807) is 0 Å². The zero-order valence-corrected chi connectivity index (χ0v) is 12.9. The van der Waals surface area contributed by atoms with Crippen molar-refractivity contribution in [1.29, 1.82) is 0 Å². The maximum absolute atomic E-state index is 12.3. The van der Waals surface area contributed by atoms with Gasteiger partial charge in [0.05, 0.1) is 0 Å². The van der Waals surface area contributed by atoms with Gasteiger partial charge >= 0.3 is 5.69 Å². The van der Waals surface area contributed by atoms with Crippen LogP contribution >= 0.6 is 12.6 Å². The minimum absolute atomic E-state index is 0.146. The number of hydrogen-bond donors (Lipinski definition) is 1. The number of aryl methyl sites for hydroxylation is 1. The van der Waals surface area contributed by atoms with Crippen LogP contribution in [0.3, 0.4) is 0 Å². The van der Waals surface area contributed by atoms with Crippen LogP contribution in [0.2, 0.25) is 0 Å². The quantitative estimate of drug-likeness (QED) is 0.651. The maximum Gasteiger partial charge on any atom is 0.328 e. The third-order valence-corrected chi connectivity index (χ3v) is 5.06. The monoisotopic (exact) mass is 282 g/mol. The van der Waals surface area contributed by atoms with E-state index in [4.69, 9.17) is 0 Å². The molecule has 0 N–H and O–H groups in total. The second-order valence-corrected chi connectivity index (χ2v) is 6.29. The molecule has 1 saturated carbocycles. The Hall–Kier alpha value is -0.640. The average molecular weight is 282 g/mol. The fraction of sp³-hybridized carbons (Fsp3) is 0.800. The minimum atomic E-state index is 0.146. The zero-order valence-electron chi connectivity index (χ0n) is 12.0. The lowest BCUT2D eigenvalue weighted by Crippen LogP contribution is -2.34. The molecular formula is C15H26N2OS. The number of nitrogens with zero attached hydrogens (tertiary/aromatic N) is 2. The van der Waals surface area contributed by atoms with Crippen molar-refractivity contribution in [3.05, 3.63) is 22.9 Å². The fourth-order valence-corrected chi connectivity index (χ4v) is 3.61. The van der Waals surface area contributed by atoms with Crippen molar-refractivity contribution in [3.8, 4) is 0 Å². The van der Waals surface area contributed by atoms with Crippen LogP contribution in [-0.2, 0) is 13.1 Å². The van der Waals surface area contributed by atoms with E-state index >= 15 is 0 Å². The summed E-state index contributed by atoms with van der Waals surface area (Å²) < 4.78 is 3.72. The molecule has 0 aliphatic heterocycles. The van der Waals surface area contributed by atoms with Crippen molar-refractivity contribution in [3.63, 3.8) is 0 Å². The standard InChI is InChI=1S/C15H26N2OS/c1-2-9-16-10-11-17(14(16)18)12-15(13-19)7-5-3-4-6-8-15/h10-11,19H,2-9,12-13H2,1H3. The lowest BCUT2D eigenvalue weighted by molar-refractivity contribution is 0.237. The molecule has 0 unspecified atom stereocenters. The van der Waals surface area contributed by atoms with Gasteiger partial charge in [-0.2, -0.15) is 12.6 Å². The van der Waals surface area contributed by atoms with Gasteiger partial charge in [-0.25, -0.2) is 4.79 Å². The first-order valence-electron chi connectivity index (χ1n) is 7.57. The lowest BCUT2D eigenvalue weighted by atomic mass is 9.82. The Morgan fingerprint density at radius 1 is 1.16 bits per heavy atom. The van der Waals surface area contributed by atoms with Gasteiger partial charge in [0.2, 0.25) is 0 Å². The minimum Gasteiger partial charge on any atom is -0.299 e. The van der Waals surface area contributed by atoms with Crippen molar-refractivity contribution < 1.29 is 0 Å². The van der Waals surface area contributed by atoms with Crippen molar-refractivity contribution in [2.24, 2.45) is 5.41 Å². The number of imidazole rings is 1. The molecular weight excluding hydrogens is 256 g/mol. The molecule has 0 bridgehead atoms. The van der Waals surface area contributed by atoms with Gasteiger partial charge in [0, 0.05) is 25.5 Å². The third-order valence-electron chi connectivity index (χ3n) is 4.39. The van der Waals surface area contributed by atoms with Gasteiger partial charge in [-0.15, -0.1) is 0 Å². The summed E-state index contributed by atoms with van der Waals surface area (Å²) in [7, 11) is 0. The number of hydrogen-bond acceptors (Lipinski definition) is 2. The van der Waals surface area contributed by atoms with Gasteiger partial charge in [-0.1, -0.05) is 32.6 Å². The molecule has 4 heteroatoms. The second kappa shape index (κ2) is 6.69. The highest BCUT2D eigenvalue weighted by Crippen LogP contribution is 2.37. The SMILES string of the molecule is CCCn1ccn(CC2(CS)CCCCCC2)c1=O. The molecule has 1 aliphatic rings. The predicted octanol–water partition coefficient (Wildman–Crippen LogP) is 3.33. The van der Waals surface area contributed by atoms with Crippen LogP contribution in [0.1, 0.15) is 51.9 Å². The van der Waals surface area contributed by atoms with E-state index < -0.39 is 0 Å². The summed E-state index contributed by atoms with van der Waals surface area (Å²) in [6.45, 7) is 3.76. The van der Waals surface area contributed by atoms with Crippen LogP contribution in [0, 0.1) is 5.41 Å². The van der Waals surface area contributed by atoms with E-state index in [1.807, 2.05) is 21.5 Å². The van der Waals surface area contributed by atoms with Gasteiger partial charge in [0.25, 0.3) is 0 Å². The third kappa shape index (κ3) is 3.47. The molecule has 1 fully saturated rings. The maximum atomic E-state index is 12.3. The molecule has 0 atom stereocenters. The molecule has 1 heterocycles. The van der Waals surface area contributed by atoms with E-state index in [1.165, 1.54) is 38.5 Å². The highest BCUT2D eigenvalue weighted by atomic mass is 32.1. The first kappa shape index (κ1) is 14.8.